The van der Waals surface area contributed by atoms with Gasteiger partial charge < -0.3 is 10.4 Å². The fourth-order valence-corrected chi connectivity index (χ4v) is 1.30. The molecule has 0 fully saturated rings. The highest BCUT2D eigenvalue weighted by Crippen LogP contribution is 2.15. The number of anilines is 1. The van der Waals surface area contributed by atoms with Gasteiger partial charge in [0.25, 0.3) is 0 Å². The average Bonchev–Trinajstić information content (AvgIpc) is 2.31. The van der Waals surface area contributed by atoms with Gasteiger partial charge in [-0.2, -0.15) is 5.26 Å². The molecule has 2 N–H and O–H groups in total. The lowest BCUT2D eigenvalue weighted by Crippen LogP contribution is -2.13. The molecular formula is C12H11FN2O3. The second-order valence-corrected chi connectivity index (χ2v) is 3.60. The van der Waals surface area contributed by atoms with E-state index >= 15 is 0 Å². The molecule has 94 valence electrons. The van der Waals surface area contributed by atoms with Gasteiger partial charge in [-0.15, -0.1) is 0 Å². The van der Waals surface area contributed by atoms with Crippen LogP contribution in [0.1, 0.15) is 24.8 Å². The van der Waals surface area contributed by atoms with Gasteiger partial charge in [0.1, 0.15) is 5.82 Å². The van der Waals surface area contributed by atoms with Crippen LogP contribution in [0, 0.1) is 17.1 Å². The first-order valence-corrected chi connectivity index (χ1v) is 5.24. The molecule has 0 radical (unpaired) electrons. The lowest BCUT2D eigenvalue weighted by atomic mass is 10.2. The first kappa shape index (κ1) is 13.6. The minimum atomic E-state index is -0.979. The Kier molecular flexibility index (Phi) is 4.81. The monoisotopic (exact) mass is 250 g/mol. The summed E-state index contributed by atoms with van der Waals surface area (Å²) in [6.45, 7) is 0. The molecule has 0 aliphatic heterocycles. The number of aliphatic carboxylic acids is 1. The Labute approximate surface area is 103 Å². The van der Waals surface area contributed by atoms with Gasteiger partial charge in [-0.05, 0) is 24.6 Å². The van der Waals surface area contributed by atoms with Crippen LogP contribution in [0.2, 0.25) is 0 Å². The Balaban J connectivity index is 2.54. The molecular weight excluding hydrogens is 239 g/mol. The highest BCUT2D eigenvalue weighted by molar-refractivity contribution is 5.91. The predicted molar refractivity (Wildman–Crippen MR) is 61.2 cm³/mol. The van der Waals surface area contributed by atoms with Gasteiger partial charge in [0.05, 0.1) is 17.3 Å². The quantitative estimate of drug-likeness (QED) is 0.834. The summed E-state index contributed by atoms with van der Waals surface area (Å²) in [5.74, 6) is -2.13. The first-order chi connectivity index (χ1) is 8.52. The molecule has 0 heterocycles. The molecule has 0 saturated heterocycles. The van der Waals surface area contributed by atoms with Crippen LogP contribution in [-0.2, 0) is 9.59 Å². The summed E-state index contributed by atoms with van der Waals surface area (Å²) in [5, 5.41) is 19.3. The fourth-order valence-electron chi connectivity index (χ4n) is 1.30. The zero-order valence-corrected chi connectivity index (χ0v) is 9.44. The van der Waals surface area contributed by atoms with Crippen LogP contribution in [0.4, 0.5) is 10.1 Å². The lowest BCUT2D eigenvalue weighted by Gasteiger charge is -2.05. The number of hydrogen-bond donors (Lipinski definition) is 2. The van der Waals surface area contributed by atoms with E-state index in [1.54, 1.807) is 6.07 Å². The first-order valence-electron chi connectivity index (χ1n) is 5.24. The van der Waals surface area contributed by atoms with E-state index in [0.717, 1.165) is 6.07 Å². The van der Waals surface area contributed by atoms with Crippen molar-refractivity contribution >= 4 is 17.6 Å². The minimum Gasteiger partial charge on any atom is -0.481 e. The number of amides is 1. The van der Waals surface area contributed by atoms with Crippen molar-refractivity contribution in [1.29, 1.82) is 5.26 Å². The van der Waals surface area contributed by atoms with E-state index < -0.39 is 17.7 Å². The highest BCUT2D eigenvalue weighted by atomic mass is 19.1. The number of carbonyl (C=O) groups is 2. The smallest absolute Gasteiger partial charge is 0.303 e. The molecule has 0 bridgehead atoms. The van der Waals surface area contributed by atoms with Gasteiger partial charge in [0, 0.05) is 12.8 Å². The topological polar surface area (TPSA) is 90.2 Å². The van der Waals surface area contributed by atoms with Crippen molar-refractivity contribution in [2.75, 3.05) is 5.32 Å². The van der Waals surface area contributed by atoms with Crippen LogP contribution in [0.5, 0.6) is 0 Å². The predicted octanol–water partition coefficient (Wildman–Crippen LogP) is 1.89. The van der Waals surface area contributed by atoms with Crippen LogP contribution in [0.15, 0.2) is 18.2 Å². The highest BCUT2D eigenvalue weighted by Gasteiger charge is 2.08. The Morgan fingerprint density at radius 3 is 2.67 bits per heavy atom. The number of rotatable bonds is 5. The summed E-state index contributed by atoms with van der Waals surface area (Å²) >= 11 is 0. The molecule has 1 amide bonds. The van der Waals surface area contributed by atoms with E-state index in [4.69, 9.17) is 10.4 Å². The molecule has 1 rings (SSSR count). The van der Waals surface area contributed by atoms with E-state index in [-0.39, 0.29) is 30.5 Å². The number of carboxylic acids is 1. The number of benzene rings is 1. The van der Waals surface area contributed by atoms with Gasteiger partial charge in [-0.25, -0.2) is 4.39 Å². The maximum atomic E-state index is 13.4. The molecule has 0 spiro atoms. The fraction of sp³-hybridized carbons (Fsp3) is 0.250. The zero-order valence-electron chi connectivity index (χ0n) is 9.44. The van der Waals surface area contributed by atoms with Crippen molar-refractivity contribution in [1.82, 2.24) is 0 Å². The van der Waals surface area contributed by atoms with Gasteiger partial charge >= 0.3 is 5.97 Å². The SMILES string of the molecule is N#Cc1ccc(NC(=O)CCCC(=O)O)c(F)c1. The molecule has 0 aliphatic carbocycles. The third-order valence-electron chi connectivity index (χ3n) is 2.17. The summed E-state index contributed by atoms with van der Waals surface area (Å²) < 4.78 is 13.4. The molecule has 0 aliphatic rings. The maximum absolute atomic E-state index is 13.4. The maximum Gasteiger partial charge on any atom is 0.303 e. The minimum absolute atomic E-state index is 0.00570. The Bertz CT molecular complexity index is 509. The summed E-state index contributed by atoms with van der Waals surface area (Å²) in [6.07, 6.45) is 0.0913. The largest absolute Gasteiger partial charge is 0.481 e. The van der Waals surface area contributed by atoms with Crippen LogP contribution >= 0.6 is 0 Å². The molecule has 0 atom stereocenters. The number of nitrogens with zero attached hydrogens (tertiary/aromatic N) is 1. The van der Waals surface area contributed by atoms with Crippen LogP contribution in [0.25, 0.3) is 0 Å². The van der Waals surface area contributed by atoms with E-state index in [9.17, 15) is 14.0 Å². The van der Waals surface area contributed by atoms with Crippen LogP contribution in [-0.4, -0.2) is 17.0 Å². The van der Waals surface area contributed by atoms with E-state index in [1.165, 1.54) is 12.1 Å². The van der Waals surface area contributed by atoms with Crippen molar-refractivity contribution in [3.63, 3.8) is 0 Å². The number of carbonyl (C=O) groups excluding carboxylic acids is 1. The molecule has 0 unspecified atom stereocenters. The van der Waals surface area contributed by atoms with E-state index in [2.05, 4.69) is 5.32 Å². The number of nitriles is 1. The van der Waals surface area contributed by atoms with Gasteiger partial charge in [-0.3, -0.25) is 9.59 Å². The van der Waals surface area contributed by atoms with Crippen molar-refractivity contribution in [3.8, 4) is 6.07 Å². The summed E-state index contributed by atoms with van der Waals surface area (Å²) in [6, 6.07) is 5.48. The summed E-state index contributed by atoms with van der Waals surface area (Å²) in [7, 11) is 0. The van der Waals surface area contributed by atoms with Crippen LogP contribution < -0.4 is 5.32 Å². The number of carboxylic acid groups (broad SMARTS) is 1. The summed E-state index contributed by atoms with van der Waals surface area (Å²) in [5.41, 5.74) is 0.144. The van der Waals surface area contributed by atoms with Gasteiger partial charge in [0.2, 0.25) is 5.91 Å². The third-order valence-corrected chi connectivity index (χ3v) is 2.17. The molecule has 1 aromatic rings. The average molecular weight is 250 g/mol. The van der Waals surface area contributed by atoms with Gasteiger partial charge in [0.15, 0.2) is 0 Å². The molecule has 5 nitrogen and oxygen atoms in total. The van der Waals surface area contributed by atoms with Crippen LogP contribution in [0.3, 0.4) is 0 Å². The second kappa shape index (κ2) is 6.35. The third kappa shape index (κ3) is 4.22. The normalized spacial score (nSPS) is 9.56. The van der Waals surface area contributed by atoms with Gasteiger partial charge in [-0.1, -0.05) is 0 Å². The molecule has 6 heteroatoms. The zero-order chi connectivity index (χ0) is 13.5. The number of halogens is 1. The van der Waals surface area contributed by atoms with Crippen molar-refractivity contribution in [2.24, 2.45) is 0 Å². The second-order valence-electron chi connectivity index (χ2n) is 3.60. The Morgan fingerprint density at radius 2 is 2.11 bits per heavy atom. The number of hydrogen-bond acceptors (Lipinski definition) is 3. The molecule has 0 aromatic heterocycles. The van der Waals surface area contributed by atoms with Crippen molar-refractivity contribution in [3.05, 3.63) is 29.6 Å². The van der Waals surface area contributed by atoms with Crippen molar-refractivity contribution in [2.45, 2.75) is 19.3 Å². The number of nitrogens with one attached hydrogen (secondary N) is 1. The van der Waals surface area contributed by atoms with Crippen molar-refractivity contribution < 1.29 is 19.1 Å². The van der Waals surface area contributed by atoms with E-state index in [1.807, 2.05) is 0 Å². The standard InChI is InChI=1S/C12H11FN2O3/c13-9-6-8(7-14)4-5-10(9)15-11(16)2-1-3-12(17)18/h4-6H,1-3H2,(H,15,16)(H,17,18). The lowest BCUT2D eigenvalue weighted by molar-refractivity contribution is -0.137. The Hall–Kier alpha value is -2.42. The molecule has 0 saturated carbocycles. The Morgan fingerprint density at radius 1 is 1.39 bits per heavy atom. The molecule has 18 heavy (non-hydrogen) atoms. The molecule has 1 aromatic carbocycles. The van der Waals surface area contributed by atoms with E-state index in [0.29, 0.717) is 0 Å². The summed E-state index contributed by atoms with van der Waals surface area (Å²) in [4.78, 5) is 21.6.